The molecule has 0 saturated heterocycles. The van der Waals surface area contributed by atoms with Gasteiger partial charge in [-0.25, -0.2) is 0 Å². The zero-order valence-corrected chi connectivity index (χ0v) is 10.5. The molecule has 0 radical (unpaired) electrons. The minimum Gasteiger partial charge on any atom is -0.396 e. The van der Waals surface area contributed by atoms with Gasteiger partial charge in [0, 0.05) is 31.5 Å². The maximum atomic E-state index is 11.6. The van der Waals surface area contributed by atoms with E-state index in [1.165, 1.54) is 6.08 Å². The highest BCUT2D eigenvalue weighted by molar-refractivity contribution is 5.91. The molecule has 0 aromatic carbocycles. The first kappa shape index (κ1) is 13.4. The van der Waals surface area contributed by atoms with Crippen molar-refractivity contribution in [2.45, 2.75) is 25.8 Å². The second-order valence-electron chi connectivity index (χ2n) is 4.56. The van der Waals surface area contributed by atoms with E-state index in [4.69, 9.17) is 5.11 Å². The summed E-state index contributed by atoms with van der Waals surface area (Å²) in [6.07, 6.45) is 5.37. The second kappa shape index (κ2) is 5.63. The van der Waals surface area contributed by atoms with Crippen LogP contribution in [0.25, 0.3) is 6.08 Å². The smallest absolute Gasteiger partial charge is 0.244 e. The number of aryl methyl sites for hydroxylation is 1. The Morgan fingerprint density at radius 2 is 2.35 bits per heavy atom. The van der Waals surface area contributed by atoms with Gasteiger partial charge >= 0.3 is 0 Å². The number of carbonyl (C=O) groups is 1. The number of carbonyl (C=O) groups excluding carboxylic acids is 1. The van der Waals surface area contributed by atoms with Gasteiger partial charge in [-0.05, 0) is 32.4 Å². The van der Waals surface area contributed by atoms with Crippen LogP contribution in [0.3, 0.4) is 0 Å². The lowest BCUT2D eigenvalue weighted by molar-refractivity contribution is -0.118. The van der Waals surface area contributed by atoms with E-state index in [9.17, 15) is 4.79 Å². The molecule has 0 saturated carbocycles. The summed E-state index contributed by atoms with van der Waals surface area (Å²) in [6.45, 7) is 3.80. The topological polar surface area (TPSA) is 67.2 Å². The molecule has 0 bridgehead atoms. The van der Waals surface area contributed by atoms with Crippen LogP contribution in [0.2, 0.25) is 0 Å². The fraction of sp³-hybridized carbons (Fsp3) is 0.500. The highest BCUT2D eigenvalue weighted by Crippen LogP contribution is 2.07. The van der Waals surface area contributed by atoms with Crippen LogP contribution >= 0.6 is 0 Å². The van der Waals surface area contributed by atoms with Gasteiger partial charge in [-0.2, -0.15) is 5.10 Å². The molecule has 0 fully saturated rings. The van der Waals surface area contributed by atoms with Crippen LogP contribution in [0.15, 0.2) is 18.3 Å². The standard InChI is InChI=1S/C12H19N3O2/c1-12(2,7-9-16)14-11(17)5-4-10-6-8-13-15(10)3/h4-6,8,16H,7,9H2,1-3H3,(H,14,17)/b5-4+. The van der Waals surface area contributed by atoms with Gasteiger partial charge in [-0.1, -0.05) is 0 Å². The Morgan fingerprint density at radius 3 is 2.88 bits per heavy atom. The third-order valence-electron chi connectivity index (χ3n) is 2.46. The zero-order chi connectivity index (χ0) is 12.9. The SMILES string of the molecule is Cn1nccc1/C=C/C(=O)NC(C)(C)CCO. The number of hydrogen-bond acceptors (Lipinski definition) is 3. The van der Waals surface area contributed by atoms with E-state index in [0.717, 1.165) is 5.69 Å². The Balaban J connectivity index is 2.56. The van der Waals surface area contributed by atoms with Crippen LogP contribution in [-0.4, -0.2) is 32.9 Å². The lowest BCUT2D eigenvalue weighted by Gasteiger charge is -2.24. The molecule has 0 aliphatic heterocycles. The molecule has 1 amide bonds. The fourth-order valence-electron chi connectivity index (χ4n) is 1.43. The van der Waals surface area contributed by atoms with Gasteiger partial charge in [-0.3, -0.25) is 9.48 Å². The van der Waals surface area contributed by atoms with Gasteiger partial charge < -0.3 is 10.4 Å². The molecule has 0 spiro atoms. The van der Waals surface area contributed by atoms with Crippen LogP contribution in [-0.2, 0) is 11.8 Å². The molecule has 0 aliphatic carbocycles. The van der Waals surface area contributed by atoms with E-state index >= 15 is 0 Å². The summed E-state index contributed by atoms with van der Waals surface area (Å²) in [5, 5.41) is 15.7. The molecule has 2 N–H and O–H groups in total. The molecule has 1 heterocycles. The van der Waals surface area contributed by atoms with Gasteiger partial charge in [0.15, 0.2) is 0 Å². The molecule has 5 nitrogen and oxygen atoms in total. The van der Waals surface area contributed by atoms with Gasteiger partial charge in [0.05, 0.1) is 5.69 Å². The van der Waals surface area contributed by atoms with Crippen molar-refractivity contribution in [2.24, 2.45) is 7.05 Å². The highest BCUT2D eigenvalue weighted by Gasteiger charge is 2.18. The first-order valence-electron chi connectivity index (χ1n) is 5.54. The number of aliphatic hydroxyl groups is 1. The summed E-state index contributed by atoms with van der Waals surface area (Å²) in [7, 11) is 1.81. The number of rotatable bonds is 5. The highest BCUT2D eigenvalue weighted by atomic mass is 16.3. The van der Waals surface area contributed by atoms with Crippen LogP contribution in [0, 0.1) is 0 Å². The largest absolute Gasteiger partial charge is 0.396 e. The molecule has 1 rings (SSSR count). The Bertz CT molecular complexity index is 408. The van der Waals surface area contributed by atoms with E-state index in [1.807, 2.05) is 27.0 Å². The predicted octanol–water partition coefficient (Wildman–Crippen LogP) is 0.710. The minimum absolute atomic E-state index is 0.0543. The third-order valence-corrected chi connectivity index (χ3v) is 2.46. The quantitative estimate of drug-likeness (QED) is 0.741. The van der Waals surface area contributed by atoms with Crippen LogP contribution in [0.4, 0.5) is 0 Å². The summed E-state index contributed by atoms with van der Waals surface area (Å²) in [4.78, 5) is 11.6. The first-order chi connectivity index (χ1) is 7.94. The van der Waals surface area contributed by atoms with E-state index in [1.54, 1.807) is 17.0 Å². The Morgan fingerprint density at radius 1 is 1.65 bits per heavy atom. The number of aromatic nitrogens is 2. The Hall–Kier alpha value is -1.62. The maximum Gasteiger partial charge on any atom is 0.244 e. The van der Waals surface area contributed by atoms with Gasteiger partial charge in [0.2, 0.25) is 5.91 Å². The van der Waals surface area contributed by atoms with E-state index in [2.05, 4.69) is 10.4 Å². The summed E-state index contributed by atoms with van der Waals surface area (Å²) in [5.41, 5.74) is 0.461. The number of amides is 1. The molecular weight excluding hydrogens is 218 g/mol. The lowest BCUT2D eigenvalue weighted by Crippen LogP contribution is -2.43. The van der Waals surface area contributed by atoms with Crippen LogP contribution in [0.1, 0.15) is 26.0 Å². The third kappa shape index (κ3) is 4.40. The summed E-state index contributed by atoms with van der Waals surface area (Å²) in [6, 6.07) is 1.82. The van der Waals surface area contributed by atoms with Gasteiger partial charge in [0.1, 0.15) is 0 Å². The zero-order valence-electron chi connectivity index (χ0n) is 10.5. The molecule has 94 valence electrons. The lowest BCUT2D eigenvalue weighted by atomic mass is 10.0. The van der Waals surface area contributed by atoms with Crippen molar-refractivity contribution in [1.29, 1.82) is 0 Å². The van der Waals surface area contributed by atoms with Crippen molar-refractivity contribution in [3.8, 4) is 0 Å². The van der Waals surface area contributed by atoms with E-state index in [0.29, 0.717) is 6.42 Å². The normalized spacial score (nSPS) is 12.0. The maximum absolute atomic E-state index is 11.6. The Labute approximate surface area is 101 Å². The molecule has 5 heteroatoms. The average molecular weight is 237 g/mol. The van der Waals surface area contributed by atoms with Crippen LogP contribution < -0.4 is 5.32 Å². The first-order valence-corrected chi connectivity index (χ1v) is 5.54. The van der Waals surface area contributed by atoms with Crippen LogP contribution in [0.5, 0.6) is 0 Å². The van der Waals surface area contributed by atoms with Crippen molar-refractivity contribution < 1.29 is 9.90 Å². The number of nitrogens with one attached hydrogen (secondary N) is 1. The Kier molecular flexibility index (Phi) is 4.45. The monoisotopic (exact) mass is 237 g/mol. The second-order valence-corrected chi connectivity index (χ2v) is 4.56. The van der Waals surface area contributed by atoms with Gasteiger partial charge in [0.25, 0.3) is 0 Å². The summed E-state index contributed by atoms with van der Waals surface area (Å²) in [5.74, 6) is -0.176. The van der Waals surface area contributed by atoms with Crippen molar-refractivity contribution >= 4 is 12.0 Å². The molecule has 17 heavy (non-hydrogen) atoms. The molecule has 1 aromatic heterocycles. The molecular formula is C12H19N3O2. The predicted molar refractivity (Wildman–Crippen MR) is 66.2 cm³/mol. The summed E-state index contributed by atoms with van der Waals surface area (Å²) < 4.78 is 1.68. The fourth-order valence-corrected chi connectivity index (χ4v) is 1.43. The van der Waals surface area contributed by atoms with Crippen molar-refractivity contribution in [3.63, 3.8) is 0 Å². The van der Waals surface area contributed by atoms with Crippen molar-refractivity contribution in [3.05, 3.63) is 24.0 Å². The molecule has 1 aromatic rings. The molecule has 0 unspecified atom stereocenters. The van der Waals surface area contributed by atoms with E-state index < -0.39 is 5.54 Å². The average Bonchev–Trinajstić information content (AvgIpc) is 2.60. The van der Waals surface area contributed by atoms with E-state index in [-0.39, 0.29) is 12.5 Å². The molecule has 0 aliphatic rings. The minimum atomic E-state index is -0.400. The molecule has 0 atom stereocenters. The van der Waals surface area contributed by atoms with Gasteiger partial charge in [-0.15, -0.1) is 0 Å². The number of hydrogen-bond donors (Lipinski definition) is 2. The number of aliphatic hydroxyl groups excluding tert-OH is 1. The summed E-state index contributed by atoms with van der Waals surface area (Å²) >= 11 is 0. The van der Waals surface area contributed by atoms with Crippen molar-refractivity contribution in [2.75, 3.05) is 6.61 Å². The van der Waals surface area contributed by atoms with Crippen molar-refractivity contribution in [1.82, 2.24) is 15.1 Å². The number of nitrogens with zero attached hydrogens (tertiary/aromatic N) is 2.